The highest BCUT2D eigenvalue weighted by atomic mass is 16.2. The van der Waals surface area contributed by atoms with Crippen LogP contribution in [-0.2, 0) is 14.1 Å². The predicted molar refractivity (Wildman–Crippen MR) is 94.7 cm³/mol. The van der Waals surface area contributed by atoms with Gasteiger partial charge in [0.25, 0.3) is 5.56 Å². The zero-order valence-corrected chi connectivity index (χ0v) is 14.9. The summed E-state index contributed by atoms with van der Waals surface area (Å²) >= 11 is 0. The molecule has 4 rings (SSSR count). The van der Waals surface area contributed by atoms with Gasteiger partial charge in [-0.1, -0.05) is 6.42 Å². The molecule has 0 amide bonds. The van der Waals surface area contributed by atoms with Crippen LogP contribution in [0.15, 0.2) is 9.59 Å². The van der Waals surface area contributed by atoms with Crippen molar-refractivity contribution in [2.75, 3.05) is 31.1 Å². The Balaban J connectivity index is 1.56. The molecule has 2 heterocycles. The van der Waals surface area contributed by atoms with Crippen LogP contribution in [0.3, 0.4) is 0 Å². The van der Waals surface area contributed by atoms with Gasteiger partial charge in [0.1, 0.15) is 11.9 Å². The lowest BCUT2D eigenvalue weighted by Gasteiger charge is -2.42. The summed E-state index contributed by atoms with van der Waals surface area (Å²) in [7, 11) is 3.06. The van der Waals surface area contributed by atoms with Crippen molar-refractivity contribution in [1.29, 1.82) is 5.26 Å². The van der Waals surface area contributed by atoms with Crippen molar-refractivity contribution in [2.24, 2.45) is 25.9 Å². The third-order valence-corrected chi connectivity index (χ3v) is 6.53. The maximum absolute atomic E-state index is 12.3. The molecule has 25 heavy (non-hydrogen) atoms. The molecule has 134 valence electrons. The molecular weight excluding hydrogens is 318 g/mol. The molecule has 3 unspecified atom stereocenters. The van der Waals surface area contributed by atoms with Gasteiger partial charge in [-0.25, -0.2) is 4.79 Å². The van der Waals surface area contributed by atoms with Gasteiger partial charge < -0.3 is 4.90 Å². The lowest BCUT2D eigenvalue weighted by molar-refractivity contribution is 0.134. The average Bonchev–Trinajstić information content (AvgIpc) is 3.26. The number of rotatable bonds is 2. The molecule has 0 radical (unpaired) electrons. The number of hydrogen-bond acceptors (Lipinski definition) is 5. The van der Waals surface area contributed by atoms with Crippen LogP contribution in [-0.4, -0.2) is 46.3 Å². The van der Waals surface area contributed by atoms with Crippen LogP contribution >= 0.6 is 0 Å². The van der Waals surface area contributed by atoms with Gasteiger partial charge in [0.2, 0.25) is 0 Å². The molecular formula is C18H25N5O2. The summed E-state index contributed by atoms with van der Waals surface area (Å²) in [6.45, 7) is 3.37. The monoisotopic (exact) mass is 343 g/mol. The van der Waals surface area contributed by atoms with Gasteiger partial charge in [-0.15, -0.1) is 0 Å². The molecule has 3 aliphatic rings. The Hall–Kier alpha value is -2.07. The SMILES string of the molecule is Cn1c(N2CCN(C3CC4CCC3C4)CC2)c(C#N)c(=O)n(C)c1=O. The molecule has 3 fully saturated rings. The molecule has 7 heteroatoms. The number of anilines is 1. The Morgan fingerprint density at radius 1 is 1.00 bits per heavy atom. The zero-order chi connectivity index (χ0) is 17.7. The summed E-state index contributed by atoms with van der Waals surface area (Å²) in [6.07, 6.45) is 5.50. The van der Waals surface area contributed by atoms with E-state index in [1.165, 1.54) is 37.3 Å². The summed E-state index contributed by atoms with van der Waals surface area (Å²) in [5.74, 6) is 2.26. The fraction of sp³-hybridized carbons (Fsp3) is 0.722. The van der Waals surface area contributed by atoms with Crippen LogP contribution in [0.4, 0.5) is 5.82 Å². The summed E-state index contributed by atoms with van der Waals surface area (Å²) in [4.78, 5) is 29.2. The molecule has 2 aliphatic carbocycles. The first-order valence-electron chi connectivity index (χ1n) is 9.20. The zero-order valence-electron chi connectivity index (χ0n) is 14.9. The quantitative estimate of drug-likeness (QED) is 0.770. The standard InChI is InChI=1S/C18H25N5O2/c1-20-16(14(11-19)17(24)21(2)18(20)25)23-7-5-22(6-8-23)15-10-12-3-4-13(15)9-12/h12-13,15H,3-10H2,1-2H3. The van der Waals surface area contributed by atoms with E-state index >= 15 is 0 Å². The molecule has 2 bridgehead atoms. The van der Waals surface area contributed by atoms with Crippen LogP contribution in [0.5, 0.6) is 0 Å². The summed E-state index contributed by atoms with van der Waals surface area (Å²) in [5, 5.41) is 9.45. The predicted octanol–water partition coefficient (Wildman–Crippen LogP) is 0.266. The van der Waals surface area contributed by atoms with Gasteiger partial charge in [0, 0.05) is 46.3 Å². The largest absolute Gasteiger partial charge is 0.354 e. The molecule has 1 saturated heterocycles. The Bertz CT molecular complexity index is 841. The van der Waals surface area contributed by atoms with Gasteiger partial charge in [-0.2, -0.15) is 5.26 Å². The topological polar surface area (TPSA) is 74.3 Å². The minimum atomic E-state index is -0.504. The van der Waals surface area contributed by atoms with E-state index in [9.17, 15) is 14.9 Å². The number of hydrogen-bond donors (Lipinski definition) is 0. The van der Waals surface area contributed by atoms with Crippen LogP contribution in [0, 0.1) is 23.2 Å². The maximum atomic E-state index is 12.3. The van der Waals surface area contributed by atoms with Crippen molar-refractivity contribution in [2.45, 2.75) is 31.7 Å². The summed E-state index contributed by atoms with van der Waals surface area (Å²) in [6, 6.07) is 2.72. The number of aromatic nitrogens is 2. The van der Waals surface area contributed by atoms with E-state index in [2.05, 4.69) is 4.90 Å². The van der Waals surface area contributed by atoms with E-state index in [-0.39, 0.29) is 11.3 Å². The second kappa shape index (κ2) is 6.03. The Kier molecular flexibility index (Phi) is 3.95. The molecule has 0 aromatic carbocycles. The van der Waals surface area contributed by atoms with Gasteiger partial charge in [0.05, 0.1) is 0 Å². The normalized spacial score (nSPS) is 29.2. The Morgan fingerprint density at radius 3 is 2.28 bits per heavy atom. The molecule has 1 aromatic heterocycles. The Morgan fingerprint density at radius 2 is 1.72 bits per heavy atom. The molecule has 1 aromatic rings. The molecule has 1 aliphatic heterocycles. The fourth-order valence-corrected chi connectivity index (χ4v) is 5.23. The third kappa shape index (κ3) is 2.51. The number of piperazine rings is 1. The van der Waals surface area contributed by atoms with E-state index in [1.807, 2.05) is 11.0 Å². The second-order valence-corrected chi connectivity index (χ2v) is 7.78. The lowest BCUT2D eigenvalue weighted by Crippen LogP contribution is -2.53. The lowest BCUT2D eigenvalue weighted by atomic mass is 9.93. The van der Waals surface area contributed by atoms with E-state index in [0.29, 0.717) is 11.9 Å². The van der Waals surface area contributed by atoms with Crippen LogP contribution in [0.1, 0.15) is 31.2 Å². The van der Waals surface area contributed by atoms with Crippen LogP contribution in [0.25, 0.3) is 0 Å². The highest BCUT2D eigenvalue weighted by Gasteiger charge is 2.42. The smallest absolute Gasteiger partial charge is 0.332 e. The molecule has 2 saturated carbocycles. The first-order chi connectivity index (χ1) is 12.0. The van der Waals surface area contributed by atoms with E-state index < -0.39 is 5.56 Å². The molecule has 3 atom stereocenters. The highest BCUT2D eigenvalue weighted by molar-refractivity contribution is 5.53. The van der Waals surface area contributed by atoms with Crippen molar-refractivity contribution in [3.63, 3.8) is 0 Å². The first kappa shape index (κ1) is 16.4. The summed E-state index contributed by atoms with van der Waals surface area (Å²) in [5.41, 5.74) is -0.816. The van der Waals surface area contributed by atoms with Gasteiger partial charge in [-0.3, -0.25) is 18.8 Å². The molecule has 0 N–H and O–H groups in total. The summed E-state index contributed by atoms with van der Waals surface area (Å²) < 4.78 is 2.45. The third-order valence-electron chi connectivity index (χ3n) is 6.53. The second-order valence-electron chi connectivity index (χ2n) is 7.78. The van der Waals surface area contributed by atoms with Crippen molar-refractivity contribution < 1.29 is 0 Å². The van der Waals surface area contributed by atoms with E-state index in [1.54, 1.807) is 7.05 Å². The fourth-order valence-electron chi connectivity index (χ4n) is 5.23. The average molecular weight is 343 g/mol. The van der Waals surface area contributed by atoms with Gasteiger partial charge in [-0.05, 0) is 31.1 Å². The first-order valence-corrected chi connectivity index (χ1v) is 9.20. The number of fused-ring (bicyclic) bond motifs is 2. The van der Waals surface area contributed by atoms with Gasteiger partial charge >= 0.3 is 5.69 Å². The van der Waals surface area contributed by atoms with Crippen molar-refractivity contribution in [1.82, 2.24) is 14.0 Å². The van der Waals surface area contributed by atoms with E-state index in [0.717, 1.165) is 42.6 Å². The van der Waals surface area contributed by atoms with Crippen LogP contribution in [0.2, 0.25) is 0 Å². The minimum Gasteiger partial charge on any atom is -0.354 e. The molecule has 7 nitrogen and oxygen atoms in total. The van der Waals surface area contributed by atoms with Crippen LogP contribution < -0.4 is 16.1 Å². The number of nitrogens with zero attached hydrogens (tertiary/aromatic N) is 5. The minimum absolute atomic E-state index is 0.0676. The number of nitriles is 1. The highest BCUT2D eigenvalue weighted by Crippen LogP contribution is 2.46. The Labute approximate surface area is 147 Å². The van der Waals surface area contributed by atoms with Crippen molar-refractivity contribution in [3.05, 3.63) is 26.4 Å². The van der Waals surface area contributed by atoms with Gasteiger partial charge in [0.15, 0.2) is 5.56 Å². The van der Waals surface area contributed by atoms with E-state index in [4.69, 9.17) is 0 Å². The maximum Gasteiger partial charge on any atom is 0.332 e. The van der Waals surface area contributed by atoms with Crippen molar-refractivity contribution in [3.8, 4) is 6.07 Å². The molecule has 0 spiro atoms. The van der Waals surface area contributed by atoms with Crippen molar-refractivity contribution >= 4 is 5.82 Å².